The Morgan fingerprint density at radius 2 is 2.10 bits per heavy atom. The van der Waals surface area contributed by atoms with Gasteiger partial charge in [-0.2, -0.15) is 0 Å². The van der Waals surface area contributed by atoms with Gasteiger partial charge in [-0.1, -0.05) is 29.8 Å². The molecular formula is C15H21ClN2O2. The Labute approximate surface area is 124 Å². The van der Waals surface area contributed by atoms with Gasteiger partial charge >= 0.3 is 0 Å². The van der Waals surface area contributed by atoms with Gasteiger partial charge in [0.05, 0.1) is 11.5 Å². The summed E-state index contributed by atoms with van der Waals surface area (Å²) < 4.78 is 5.33. The van der Waals surface area contributed by atoms with E-state index in [1.165, 1.54) is 0 Å². The Morgan fingerprint density at radius 1 is 1.45 bits per heavy atom. The lowest BCUT2D eigenvalue weighted by atomic mass is 9.79. The third-order valence-corrected chi connectivity index (χ3v) is 4.39. The van der Waals surface area contributed by atoms with E-state index in [1.807, 2.05) is 31.2 Å². The smallest absolute Gasteiger partial charge is 0.228 e. The van der Waals surface area contributed by atoms with Crippen molar-refractivity contribution in [3.8, 4) is 0 Å². The van der Waals surface area contributed by atoms with Gasteiger partial charge in [0.2, 0.25) is 5.91 Å². The molecule has 5 heteroatoms. The second-order valence-electron chi connectivity index (χ2n) is 5.31. The van der Waals surface area contributed by atoms with Crippen LogP contribution in [-0.4, -0.2) is 25.7 Å². The fourth-order valence-corrected chi connectivity index (χ4v) is 2.84. The van der Waals surface area contributed by atoms with Crippen LogP contribution in [0.15, 0.2) is 24.3 Å². The number of benzene rings is 1. The first-order valence-electron chi connectivity index (χ1n) is 6.92. The summed E-state index contributed by atoms with van der Waals surface area (Å²) in [6.07, 6.45) is 1.34. The molecule has 4 nitrogen and oxygen atoms in total. The van der Waals surface area contributed by atoms with Crippen LogP contribution >= 0.6 is 11.6 Å². The van der Waals surface area contributed by atoms with Gasteiger partial charge < -0.3 is 15.8 Å². The number of nitrogens with two attached hydrogens (primary N) is 1. The third-order valence-electron chi connectivity index (χ3n) is 4.04. The lowest BCUT2D eigenvalue weighted by molar-refractivity contribution is -0.136. The molecule has 110 valence electrons. The second kappa shape index (κ2) is 6.57. The first-order valence-corrected chi connectivity index (χ1v) is 7.30. The summed E-state index contributed by atoms with van der Waals surface area (Å²) in [6.45, 7) is 3.45. The zero-order valence-electron chi connectivity index (χ0n) is 11.7. The summed E-state index contributed by atoms with van der Waals surface area (Å²) in [7, 11) is 0. The summed E-state index contributed by atoms with van der Waals surface area (Å²) >= 11 is 6.16. The molecule has 0 bridgehead atoms. The second-order valence-corrected chi connectivity index (χ2v) is 5.72. The minimum absolute atomic E-state index is 0.00396. The monoisotopic (exact) mass is 296 g/mol. The van der Waals surface area contributed by atoms with Crippen molar-refractivity contribution in [2.75, 3.05) is 19.8 Å². The first kappa shape index (κ1) is 15.3. The van der Waals surface area contributed by atoms with E-state index in [2.05, 4.69) is 5.32 Å². The van der Waals surface area contributed by atoms with Crippen LogP contribution in [0.25, 0.3) is 0 Å². The molecule has 0 aliphatic carbocycles. The van der Waals surface area contributed by atoms with Gasteiger partial charge in [-0.15, -0.1) is 0 Å². The normalized spacial score (nSPS) is 19.4. The zero-order valence-corrected chi connectivity index (χ0v) is 12.5. The first-order chi connectivity index (χ1) is 9.59. The lowest BCUT2D eigenvalue weighted by Gasteiger charge is -2.35. The SMILES string of the molecule is C[C@H](NC(=O)C1(CN)CCOCC1)c1ccccc1Cl. The van der Waals surface area contributed by atoms with E-state index in [9.17, 15) is 4.79 Å². The van der Waals surface area contributed by atoms with Crippen LogP contribution < -0.4 is 11.1 Å². The summed E-state index contributed by atoms with van der Waals surface area (Å²) in [5.74, 6) is -0.00396. The molecule has 0 unspecified atom stereocenters. The highest BCUT2D eigenvalue weighted by Crippen LogP contribution is 2.31. The highest BCUT2D eigenvalue weighted by Gasteiger charge is 2.39. The molecule has 0 aromatic heterocycles. The molecule has 1 saturated heterocycles. The number of carbonyl (C=O) groups excluding carboxylic acids is 1. The topological polar surface area (TPSA) is 64.4 Å². The molecule has 0 spiro atoms. The highest BCUT2D eigenvalue weighted by molar-refractivity contribution is 6.31. The van der Waals surface area contributed by atoms with E-state index in [-0.39, 0.29) is 11.9 Å². The average Bonchev–Trinajstić information content (AvgIpc) is 2.48. The van der Waals surface area contributed by atoms with Gasteiger partial charge in [0.15, 0.2) is 0 Å². The van der Waals surface area contributed by atoms with Crippen molar-refractivity contribution in [3.05, 3.63) is 34.9 Å². The van der Waals surface area contributed by atoms with Crippen molar-refractivity contribution in [1.29, 1.82) is 0 Å². The minimum Gasteiger partial charge on any atom is -0.381 e. The molecule has 3 N–H and O–H groups in total. The Balaban J connectivity index is 2.08. The minimum atomic E-state index is -0.506. The van der Waals surface area contributed by atoms with E-state index in [4.69, 9.17) is 22.1 Å². The van der Waals surface area contributed by atoms with Gasteiger partial charge in [-0.25, -0.2) is 0 Å². The van der Waals surface area contributed by atoms with Crippen molar-refractivity contribution in [2.45, 2.75) is 25.8 Å². The summed E-state index contributed by atoms with van der Waals surface area (Å²) in [5, 5.41) is 3.70. The molecule has 1 amide bonds. The molecular weight excluding hydrogens is 276 g/mol. The third kappa shape index (κ3) is 3.14. The number of ether oxygens (including phenoxy) is 1. The molecule has 2 rings (SSSR count). The van der Waals surface area contributed by atoms with Crippen molar-refractivity contribution in [1.82, 2.24) is 5.32 Å². The lowest BCUT2D eigenvalue weighted by Crippen LogP contribution is -2.49. The molecule has 20 heavy (non-hydrogen) atoms. The van der Waals surface area contributed by atoms with Crippen LogP contribution in [-0.2, 0) is 9.53 Å². The van der Waals surface area contributed by atoms with Gasteiger partial charge in [-0.05, 0) is 31.4 Å². The number of amides is 1. The number of rotatable bonds is 4. The van der Waals surface area contributed by atoms with Crippen molar-refractivity contribution < 1.29 is 9.53 Å². The Morgan fingerprint density at radius 3 is 2.70 bits per heavy atom. The molecule has 1 aliphatic rings. The van der Waals surface area contributed by atoms with Crippen molar-refractivity contribution in [3.63, 3.8) is 0 Å². The molecule has 0 radical (unpaired) electrons. The average molecular weight is 297 g/mol. The van der Waals surface area contributed by atoms with E-state index >= 15 is 0 Å². The van der Waals surface area contributed by atoms with Crippen molar-refractivity contribution >= 4 is 17.5 Å². The summed E-state index contributed by atoms with van der Waals surface area (Å²) in [6, 6.07) is 7.40. The van der Waals surface area contributed by atoms with Gasteiger partial charge in [0.25, 0.3) is 0 Å². The van der Waals surface area contributed by atoms with Crippen LogP contribution in [0.2, 0.25) is 5.02 Å². The maximum Gasteiger partial charge on any atom is 0.228 e. The van der Waals surface area contributed by atoms with E-state index < -0.39 is 5.41 Å². The maximum absolute atomic E-state index is 12.6. The van der Waals surface area contributed by atoms with Crippen LogP contribution in [0.1, 0.15) is 31.4 Å². The summed E-state index contributed by atoms with van der Waals surface area (Å²) in [5.41, 5.74) is 6.25. The van der Waals surface area contributed by atoms with E-state index in [1.54, 1.807) is 0 Å². The predicted octanol–water partition coefficient (Wildman–Crippen LogP) is 2.27. The number of hydrogen-bond acceptors (Lipinski definition) is 3. The van der Waals surface area contributed by atoms with Crippen LogP contribution in [0.4, 0.5) is 0 Å². The molecule has 1 atom stereocenters. The quantitative estimate of drug-likeness (QED) is 0.896. The fraction of sp³-hybridized carbons (Fsp3) is 0.533. The predicted molar refractivity (Wildman–Crippen MR) is 79.6 cm³/mol. The molecule has 1 aliphatic heterocycles. The Bertz CT molecular complexity index is 473. The number of carbonyl (C=O) groups is 1. The highest BCUT2D eigenvalue weighted by atomic mass is 35.5. The Kier molecular flexibility index (Phi) is 5.02. The number of halogens is 1. The van der Waals surface area contributed by atoms with Crippen LogP contribution in [0.3, 0.4) is 0 Å². The zero-order chi connectivity index (χ0) is 14.6. The molecule has 1 aromatic carbocycles. The van der Waals surface area contributed by atoms with Crippen LogP contribution in [0, 0.1) is 5.41 Å². The summed E-state index contributed by atoms with van der Waals surface area (Å²) in [4.78, 5) is 12.6. The molecule has 1 aromatic rings. The van der Waals surface area contributed by atoms with Gasteiger partial charge in [0, 0.05) is 24.8 Å². The van der Waals surface area contributed by atoms with Crippen molar-refractivity contribution in [2.24, 2.45) is 11.1 Å². The van der Waals surface area contributed by atoms with Gasteiger partial charge in [0.1, 0.15) is 0 Å². The maximum atomic E-state index is 12.6. The van der Waals surface area contributed by atoms with E-state index in [0.717, 1.165) is 5.56 Å². The fourth-order valence-electron chi connectivity index (χ4n) is 2.54. The van der Waals surface area contributed by atoms with E-state index in [0.29, 0.717) is 37.6 Å². The molecule has 1 fully saturated rings. The van der Waals surface area contributed by atoms with Crippen LogP contribution in [0.5, 0.6) is 0 Å². The molecule has 1 heterocycles. The number of nitrogens with one attached hydrogen (secondary N) is 1. The van der Waals surface area contributed by atoms with Gasteiger partial charge in [-0.3, -0.25) is 4.79 Å². The Hall–Kier alpha value is -1.10. The largest absolute Gasteiger partial charge is 0.381 e. The molecule has 0 saturated carbocycles. The number of hydrogen-bond donors (Lipinski definition) is 2. The standard InChI is InChI=1S/C15H21ClN2O2/c1-11(12-4-2-3-5-13(12)16)18-14(19)15(10-17)6-8-20-9-7-15/h2-5,11H,6-10,17H2,1H3,(H,18,19)/t11-/m0/s1.